The van der Waals surface area contributed by atoms with Gasteiger partial charge < -0.3 is 9.45 Å². The zero-order valence-corrected chi connectivity index (χ0v) is 18.9. The molecule has 11 heteroatoms. The molecule has 1 aromatic heterocycles. The van der Waals surface area contributed by atoms with Crippen LogP contribution in [0.1, 0.15) is 59.9 Å². The highest BCUT2D eigenvalue weighted by Gasteiger charge is 2.39. The summed E-state index contributed by atoms with van der Waals surface area (Å²) >= 11 is 0. The van der Waals surface area contributed by atoms with Crippen molar-refractivity contribution in [3.63, 3.8) is 0 Å². The number of nitrogens with one attached hydrogen (secondary N) is 2. The summed E-state index contributed by atoms with van der Waals surface area (Å²) in [6.45, 7) is 5.75. The first-order chi connectivity index (χ1) is 15.1. The average molecular weight is 460 g/mol. The van der Waals surface area contributed by atoms with Crippen molar-refractivity contribution in [2.24, 2.45) is 0 Å². The highest BCUT2D eigenvalue weighted by atomic mass is 32.3. The summed E-state index contributed by atoms with van der Waals surface area (Å²) in [7, 11) is -3.78. The van der Waals surface area contributed by atoms with E-state index in [0.29, 0.717) is 23.2 Å². The molecule has 2 unspecified atom stereocenters. The number of benzene rings is 1. The number of hydrogen-bond donors (Lipinski definition) is 2. The number of nitrogens with zero attached hydrogens (tertiary/aromatic N) is 3. The lowest BCUT2D eigenvalue weighted by Crippen LogP contribution is -2.52. The molecule has 2 atom stereocenters. The topological polar surface area (TPSA) is 136 Å². The minimum Gasteiger partial charge on any atom is -0.593 e. The zero-order chi connectivity index (χ0) is 23.2. The molecule has 2 aliphatic rings. The summed E-state index contributed by atoms with van der Waals surface area (Å²) in [5.74, 6) is -1.10. The molecular weight excluding hydrogens is 434 g/mol. The lowest BCUT2D eigenvalue weighted by Gasteiger charge is -2.29. The van der Waals surface area contributed by atoms with Gasteiger partial charge in [-0.1, -0.05) is 16.3 Å². The Labute approximate surface area is 186 Å². The minimum absolute atomic E-state index is 0.00755. The summed E-state index contributed by atoms with van der Waals surface area (Å²) in [4.78, 5) is 38.1. The molecule has 170 valence electrons. The third-order valence-electron chi connectivity index (χ3n) is 5.75. The number of fused-ring (bicyclic) bond motifs is 1. The molecule has 2 aliphatic heterocycles. The van der Waals surface area contributed by atoms with Crippen LogP contribution in [0, 0.1) is 6.92 Å². The van der Waals surface area contributed by atoms with Gasteiger partial charge in [-0.25, -0.2) is 0 Å². The SMILES string of the molecule is Cc1nn(C(C)C)cc1[S+](=O)([O-])NCc1ccc2c(c1)C(=O)N(C1CCC(=O)NC1=O)C2. The lowest BCUT2D eigenvalue weighted by atomic mass is 10.0. The van der Waals surface area contributed by atoms with Crippen LogP contribution in [-0.2, 0) is 37.3 Å². The molecule has 2 N–H and O–H groups in total. The van der Waals surface area contributed by atoms with Gasteiger partial charge >= 0.3 is 0 Å². The molecule has 0 aliphatic carbocycles. The summed E-state index contributed by atoms with van der Waals surface area (Å²) in [6.07, 6.45) is 1.99. The number of imide groups is 1. The van der Waals surface area contributed by atoms with Crippen molar-refractivity contribution in [2.75, 3.05) is 0 Å². The Morgan fingerprint density at radius 1 is 1.31 bits per heavy atom. The molecule has 3 heterocycles. The first kappa shape index (κ1) is 22.3. The predicted molar refractivity (Wildman–Crippen MR) is 114 cm³/mol. The Kier molecular flexibility index (Phi) is 5.74. The maximum absolute atomic E-state index is 12.9. The van der Waals surface area contributed by atoms with Gasteiger partial charge in [0.25, 0.3) is 5.91 Å². The van der Waals surface area contributed by atoms with Gasteiger partial charge in [-0.15, -0.1) is 4.72 Å². The quantitative estimate of drug-likeness (QED) is 0.492. The summed E-state index contributed by atoms with van der Waals surface area (Å²) in [6, 6.07) is 4.52. The fraction of sp³-hybridized carbons (Fsp3) is 0.429. The predicted octanol–water partition coefficient (Wildman–Crippen LogP) is 1.23. The van der Waals surface area contributed by atoms with Crippen LogP contribution in [0.5, 0.6) is 0 Å². The van der Waals surface area contributed by atoms with Crippen molar-refractivity contribution < 1.29 is 23.1 Å². The molecule has 1 aromatic carbocycles. The molecule has 2 aromatic rings. The third kappa shape index (κ3) is 4.10. The number of carbonyl (C=O) groups is 3. The fourth-order valence-electron chi connectivity index (χ4n) is 3.96. The Morgan fingerprint density at radius 3 is 2.72 bits per heavy atom. The van der Waals surface area contributed by atoms with Crippen molar-refractivity contribution in [1.82, 2.24) is 24.7 Å². The van der Waals surface area contributed by atoms with E-state index in [9.17, 15) is 23.1 Å². The van der Waals surface area contributed by atoms with Crippen molar-refractivity contribution in [3.05, 3.63) is 46.8 Å². The number of aromatic nitrogens is 2. The Hall–Kier alpha value is -2.89. The zero-order valence-electron chi connectivity index (χ0n) is 18.1. The van der Waals surface area contributed by atoms with Gasteiger partial charge in [-0.2, -0.15) is 5.10 Å². The fourth-order valence-corrected chi connectivity index (χ4v) is 5.15. The van der Waals surface area contributed by atoms with Crippen LogP contribution in [0.25, 0.3) is 0 Å². The second-order valence-electron chi connectivity index (χ2n) is 8.37. The van der Waals surface area contributed by atoms with E-state index in [-0.39, 0.29) is 42.3 Å². The molecule has 10 nitrogen and oxygen atoms in total. The van der Waals surface area contributed by atoms with E-state index in [4.69, 9.17) is 0 Å². The number of carbonyl (C=O) groups excluding carboxylic acids is 3. The number of piperidine rings is 1. The average Bonchev–Trinajstić information content (AvgIpc) is 3.28. The molecular formula is C21H25N5O5S. The van der Waals surface area contributed by atoms with E-state index in [1.807, 2.05) is 13.8 Å². The van der Waals surface area contributed by atoms with E-state index in [0.717, 1.165) is 5.56 Å². The molecule has 3 amide bonds. The lowest BCUT2D eigenvalue weighted by molar-refractivity contribution is -0.136. The molecule has 1 saturated heterocycles. The maximum atomic E-state index is 12.9. The first-order valence-corrected chi connectivity index (χ1v) is 11.9. The molecule has 0 saturated carbocycles. The van der Waals surface area contributed by atoms with Crippen LogP contribution < -0.4 is 10.0 Å². The molecule has 1 fully saturated rings. The molecule has 32 heavy (non-hydrogen) atoms. The van der Waals surface area contributed by atoms with Gasteiger partial charge in [0, 0.05) is 24.6 Å². The summed E-state index contributed by atoms with van der Waals surface area (Å²) < 4.78 is 29.7. The number of rotatable bonds is 6. The van der Waals surface area contributed by atoms with Crippen LogP contribution in [0.15, 0.2) is 29.3 Å². The molecule has 0 spiro atoms. The van der Waals surface area contributed by atoms with Crippen molar-refractivity contribution >= 4 is 28.1 Å². The monoisotopic (exact) mass is 459 g/mol. The number of aryl methyl sites for hydroxylation is 1. The van der Waals surface area contributed by atoms with E-state index >= 15 is 0 Å². The van der Waals surface area contributed by atoms with Crippen molar-refractivity contribution in [2.45, 2.75) is 63.7 Å². The number of amides is 3. The Balaban J connectivity index is 1.48. The van der Waals surface area contributed by atoms with Gasteiger partial charge in [-0.05, 0) is 44.4 Å². The van der Waals surface area contributed by atoms with E-state index in [1.54, 1.807) is 29.8 Å². The normalized spacial score (nSPS) is 20.5. The largest absolute Gasteiger partial charge is 0.593 e. The van der Waals surface area contributed by atoms with E-state index < -0.39 is 22.3 Å². The highest BCUT2D eigenvalue weighted by molar-refractivity contribution is 7.95. The van der Waals surface area contributed by atoms with Gasteiger partial charge in [-0.3, -0.25) is 24.4 Å². The summed E-state index contributed by atoms with van der Waals surface area (Å²) in [5.41, 5.74) is 2.24. The van der Waals surface area contributed by atoms with Crippen LogP contribution >= 0.6 is 0 Å². The smallest absolute Gasteiger partial charge is 0.255 e. The summed E-state index contributed by atoms with van der Waals surface area (Å²) in [5, 5.41) is 6.52. The second-order valence-corrected chi connectivity index (χ2v) is 10.1. The van der Waals surface area contributed by atoms with Gasteiger partial charge in [0.05, 0.1) is 12.7 Å². The van der Waals surface area contributed by atoms with Crippen LogP contribution in [0.4, 0.5) is 0 Å². The van der Waals surface area contributed by atoms with Crippen molar-refractivity contribution in [1.29, 1.82) is 0 Å². The van der Waals surface area contributed by atoms with E-state index in [2.05, 4.69) is 15.1 Å². The van der Waals surface area contributed by atoms with Gasteiger partial charge in [0.2, 0.25) is 16.7 Å². The Morgan fingerprint density at radius 2 is 2.06 bits per heavy atom. The standard InChI is InChI=1S/C21H25N5O5S/c1-12(2)26-11-18(13(3)24-26)32(30,31)22-9-14-4-5-15-10-25(21(29)16(15)8-14)17-6-7-19(27)23-20(17)28/h4-5,8,11-12,17H,6-7,9-10H2,1-3H3,(H2-,22,23,27,28,30,31). The molecule has 0 bridgehead atoms. The number of hydrogen-bond acceptors (Lipinski definition) is 6. The van der Waals surface area contributed by atoms with E-state index in [1.165, 1.54) is 11.1 Å². The van der Waals surface area contributed by atoms with Crippen LogP contribution in [0.2, 0.25) is 0 Å². The van der Waals surface area contributed by atoms with Crippen LogP contribution in [0.3, 0.4) is 0 Å². The Bertz CT molecular complexity index is 1160. The van der Waals surface area contributed by atoms with Crippen molar-refractivity contribution in [3.8, 4) is 0 Å². The third-order valence-corrected chi connectivity index (χ3v) is 7.25. The molecule has 0 radical (unpaired) electrons. The minimum atomic E-state index is -3.78. The maximum Gasteiger partial charge on any atom is 0.255 e. The van der Waals surface area contributed by atoms with Crippen LogP contribution in [-0.4, -0.2) is 43.0 Å². The first-order valence-electron chi connectivity index (χ1n) is 10.4. The second kappa shape index (κ2) is 8.23. The van der Waals surface area contributed by atoms with Gasteiger partial charge in [0.15, 0.2) is 10.4 Å². The van der Waals surface area contributed by atoms with Gasteiger partial charge in [0.1, 0.15) is 11.7 Å². The number of sulfonamides is 1. The highest BCUT2D eigenvalue weighted by Crippen LogP contribution is 2.28. The molecule has 4 rings (SSSR count).